The Morgan fingerprint density at radius 3 is 1.95 bits per heavy atom. The van der Waals surface area contributed by atoms with Crippen LogP contribution in [0.15, 0.2) is 0 Å². The van der Waals surface area contributed by atoms with Gasteiger partial charge in [-0.3, -0.25) is 0 Å². The maximum absolute atomic E-state index is 10.7. The summed E-state index contributed by atoms with van der Waals surface area (Å²) < 4.78 is 15.3. The van der Waals surface area contributed by atoms with Crippen LogP contribution >= 0.6 is 83.1 Å². The van der Waals surface area contributed by atoms with E-state index in [2.05, 4.69) is 68.2 Å². The van der Waals surface area contributed by atoms with Gasteiger partial charge in [-0.05, 0) is 12.8 Å². The molecular weight excluding hydrogens is 574 g/mol. The molecule has 12 heteroatoms. The first kappa shape index (κ1) is 27.1. The Morgan fingerprint density at radius 2 is 1.65 bits per heavy atom. The normalized spacial score (nSPS) is 14.9. The van der Waals surface area contributed by atoms with Crippen LogP contribution in [0, 0.1) is 0 Å². The van der Waals surface area contributed by atoms with Gasteiger partial charge >= 0.3 is 0 Å². The zero-order chi connectivity index (χ0) is 14.4. The highest BCUT2D eigenvalue weighted by Crippen LogP contribution is 2.36. The highest BCUT2D eigenvalue weighted by atomic mass is 79.9. The molecule has 20 heavy (non-hydrogen) atoms. The number of halogens is 5. The SMILES string of the molecule is O=P([O-])([O-])OC(CC(Br)CBr)CC(Cl)(CBr)CBr.[NH4+].[NH4+]. The second-order valence-electron chi connectivity index (χ2n) is 3.78. The van der Waals surface area contributed by atoms with Gasteiger partial charge in [0.05, 0.1) is 18.8 Å². The van der Waals surface area contributed by atoms with Gasteiger partial charge in [0.25, 0.3) is 0 Å². The summed E-state index contributed by atoms with van der Waals surface area (Å²) in [6, 6.07) is 0. The second-order valence-corrected chi connectivity index (χ2v) is 8.76. The van der Waals surface area contributed by atoms with Crippen LogP contribution in [-0.4, -0.2) is 31.8 Å². The fraction of sp³-hybridized carbons (Fsp3) is 1.00. The minimum atomic E-state index is -5.02. The average Bonchev–Trinajstić information content (AvgIpc) is 2.26. The Kier molecular flexibility index (Phi) is 17.1. The van der Waals surface area contributed by atoms with Crippen LogP contribution in [0.1, 0.15) is 12.8 Å². The monoisotopic (exact) mass is 590 g/mol. The van der Waals surface area contributed by atoms with E-state index in [-0.39, 0.29) is 23.5 Å². The zero-order valence-corrected chi connectivity index (χ0v) is 19.2. The van der Waals surface area contributed by atoms with Gasteiger partial charge in [0, 0.05) is 20.8 Å². The molecule has 0 fully saturated rings. The van der Waals surface area contributed by atoms with Gasteiger partial charge in [0.15, 0.2) is 0 Å². The van der Waals surface area contributed by atoms with Gasteiger partial charge in [-0.15, -0.1) is 11.6 Å². The van der Waals surface area contributed by atoms with Gasteiger partial charge < -0.3 is 31.2 Å². The summed E-state index contributed by atoms with van der Waals surface area (Å²) >= 11 is 19.4. The lowest BCUT2D eigenvalue weighted by Gasteiger charge is -2.37. The van der Waals surface area contributed by atoms with Crippen molar-refractivity contribution in [2.45, 2.75) is 28.6 Å². The molecule has 0 aromatic heterocycles. The van der Waals surface area contributed by atoms with Crippen LogP contribution in [0.25, 0.3) is 0 Å². The summed E-state index contributed by atoms with van der Waals surface area (Å²) in [5.41, 5.74) is 0. The predicted octanol–water partition coefficient (Wildman–Crippen LogP) is 3.66. The maximum Gasteiger partial charge on any atom is 0.0664 e. The van der Waals surface area contributed by atoms with E-state index in [1.54, 1.807) is 0 Å². The standard InChI is InChI=1S/C8H14Br4ClO4P.2H3N/c9-3-6(12)1-7(17-18(14,15)16)2-8(13,4-10)5-11;;/h6-7H,1-5H2,(H2,14,15,16);2*1H3. The molecular formula is C8H20Br4ClN2O4P. The van der Waals surface area contributed by atoms with E-state index < -0.39 is 18.8 Å². The molecule has 6 nitrogen and oxygen atoms in total. The van der Waals surface area contributed by atoms with Crippen molar-refractivity contribution < 1.29 is 18.9 Å². The summed E-state index contributed by atoms with van der Waals surface area (Å²) in [6.45, 7) is 0. The van der Waals surface area contributed by atoms with E-state index in [9.17, 15) is 14.4 Å². The van der Waals surface area contributed by atoms with Crippen LogP contribution in [0.4, 0.5) is 0 Å². The van der Waals surface area contributed by atoms with Crippen LogP contribution in [-0.2, 0) is 9.09 Å². The highest BCUT2D eigenvalue weighted by Gasteiger charge is 2.30. The second kappa shape index (κ2) is 12.6. The molecule has 0 rings (SSSR count). The number of hydrogen-bond donors (Lipinski definition) is 2. The summed E-state index contributed by atoms with van der Waals surface area (Å²) in [5, 5.41) is 1.53. The zero-order valence-electron chi connectivity index (χ0n) is 11.2. The number of alkyl halides is 5. The van der Waals surface area contributed by atoms with E-state index in [4.69, 9.17) is 11.6 Å². The Morgan fingerprint density at radius 1 is 1.20 bits per heavy atom. The van der Waals surface area contributed by atoms with Crippen LogP contribution < -0.4 is 22.1 Å². The van der Waals surface area contributed by atoms with Crippen LogP contribution in [0.5, 0.6) is 0 Å². The smallest absolute Gasteiger partial charge is 0.0664 e. The third-order valence-corrected chi connectivity index (χ3v) is 8.16. The number of rotatable bonds is 9. The Labute approximate surface area is 158 Å². The van der Waals surface area contributed by atoms with Crippen LogP contribution in [0.2, 0.25) is 0 Å². The van der Waals surface area contributed by atoms with Gasteiger partial charge in [-0.2, -0.15) is 0 Å². The molecule has 0 aromatic carbocycles. The molecule has 0 bridgehead atoms. The van der Waals surface area contributed by atoms with Crippen molar-refractivity contribution in [3.63, 3.8) is 0 Å². The van der Waals surface area contributed by atoms with Crippen molar-refractivity contribution in [2.75, 3.05) is 16.0 Å². The fourth-order valence-corrected chi connectivity index (χ4v) is 4.01. The number of hydrogen-bond acceptors (Lipinski definition) is 4. The fourth-order valence-electron chi connectivity index (χ4n) is 1.25. The van der Waals surface area contributed by atoms with Gasteiger partial charge in [0.2, 0.25) is 0 Å². The van der Waals surface area contributed by atoms with Gasteiger partial charge in [-0.1, -0.05) is 63.7 Å². The lowest BCUT2D eigenvalue weighted by Crippen LogP contribution is -2.35. The van der Waals surface area contributed by atoms with E-state index in [1.165, 1.54) is 0 Å². The first-order valence-corrected chi connectivity index (χ1v) is 11.0. The minimum absolute atomic E-state index is 0. The Bertz CT molecular complexity index is 296. The van der Waals surface area contributed by atoms with Gasteiger partial charge in [0.1, 0.15) is 0 Å². The molecule has 0 aliphatic carbocycles. The van der Waals surface area contributed by atoms with Gasteiger partial charge in [-0.25, -0.2) is 0 Å². The predicted molar refractivity (Wildman–Crippen MR) is 96.4 cm³/mol. The first-order chi connectivity index (χ1) is 8.15. The molecule has 0 radical (unpaired) electrons. The molecule has 0 aromatic rings. The van der Waals surface area contributed by atoms with Crippen molar-refractivity contribution in [2.24, 2.45) is 0 Å². The maximum atomic E-state index is 10.7. The highest BCUT2D eigenvalue weighted by molar-refractivity contribution is 9.12. The largest absolute Gasteiger partial charge is 0.790 e. The first-order valence-electron chi connectivity index (χ1n) is 4.87. The quantitative estimate of drug-likeness (QED) is 0.310. The molecule has 0 heterocycles. The summed E-state index contributed by atoms with van der Waals surface area (Å²) in [7, 11) is -5.02. The molecule has 0 saturated heterocycles. The molecule has 0 amide bonds. The minimum Gasteiger partial charge on any atom is -0.790 e. The van der Waals surface area contributed by atoms with Crippen molar-refractivity contribution in [1.82, 2.24) is 12.3 Å². The van der Waals surface area contributed by atoms with Crippen molar-refractivity contribution in [1.29, 1.82) is 0 Å². The van der Waals surface area contributed by atoms with Crippen molar-refractivity contribution in [3.8, 4) is 0 Å². The number of phosphoric ester groups is 1. The summed E-state index contributed by atoms with van der Waals surface area (Å²) in [6.07, 6.45) is -0.136. The number of phosphoric acid groups is 1. The summed E-state index contributed by atoms with van der Waals surface area (Å²) in [5.74, 6) is 0. The molecule has 0 aliphatic rings. The number of quaternary nitrogens is 2. The molecule has 8 N–H and O–H groups in total. The van der Waals surface area contributed by atoms with Crippen molar-refractivity contribution in [3.05, 3.63) is 0 Å². The molecule has 0 saturated carbocycles. The molecule has 2 atom stereocenters. The van der Waals surface area contributed by atoms with E-state index in [1.807, 2.05) is 0 Å². The third kappa shape index (κ3) is 12.8. The third-order valence-electron chi connectivity index (χ3n) is 2.04. The lowest BCUT2D eigenvalue weighted by atomic mass is 10.0. The molecule has 0 spiro atoms. The van der Waals surface area contributed by atoms with E-state index in [0.29, 0.717) is 22.4 Å². The van der Waals surface area contributed by atoms with E-state index in [0.717, 1.165) is 0 Å². The Balaban J connectivity index is -0.00000144. The lowest BCUT2D eigenvalue weighted by molar-refractivity contribution is -0.345. The van der Waals surface area contributed by atoms with Crippen molar-refractivity contribution >= 4 is 83.1 Å². The van der Waals surface area contributed by atoms with Crippen LogP contribution in [0.3, 0.4) is 0 Å². The topological polar surface area (TPSA) is 145 Å². The average molecular weight is 594 g/mol. The van der Waals surface area contributed by atoms with E-state index >= 15 is 0 Å². The Hall–Kier alpha value is 2.24. The molecule has 0 aliphatic heterocycles. The molecule has 2 unspecified atom stereocenters. The molecule has 126 valence electrons. The summed E-state index contributed by atoms with van der Waals surface area (Å²) in [4.78, 5) is 20.8.